The smallest absolute Gasteiger partial charge is 0.266 e. The fourth-order valence-electron chi connectivity index (χ4n) is 3.30. The van der Waals surface area contributed by atoms with Crippen LogP contribution in [-0.2, 0) is 5.75 Å². The van der Waals surface area contributed by atoms with Gasteiger partial charge in [-0.2, -0.15) is 15.0 Å². The normalized spacial score (nSPS) is 12.2. The maximum Gasteiger partial charge on any atom is 0.266 e. The van der Waals surface area contributed by atoms with E-state index in [1.807, 2.05) is 24.3 Å². The van der Waals surface area contributed by atoms with E-state index in [0.717, 1.165) is 6.42 Å². The molecule has 4 N–H and O–H groups in total. The SMILES string of the molecule is CC[C@H](C)c1ccc(-n2c(SCc3nc(N)nc(N)n3)nc3ccc(Cl)cc3c2=O)cc1. The van der Waals surface area contributed by atoms with E-state index in [1.165, 1.54) is 17.3 Å². The summed E-state index contributed by atoms with van der Waals surface area (Å²) in [5.74, 6) is 1.25. The fraction of sp³-hybridized carbons (Fsp3) is 0.227. The number of fused-ring (bicyclic) bond motifs is 1. The van der Waals surface area contributed by atoms with Crippen LogP contribution < -0.4 is 17.0 Å². The molecule has 0 radical (unpaired) electrons. The molecule has 0 bridgehead atoms. The molecule has 0 spiro atoms. The highest BCUT2D eigenvalue weighted by molar-refractivity contribution is 7.98. The molecule has 0 amide bonds. The summed E-state index contributed by atoms with van der Waals surface area (Å²) in [5.41, 5.74) is 13.6. The van der Waals surface area contributed by atoms with Crippen LogP contribution in [0.5, 0.6) is 0 Å². The highest BCUT2D eigenvalue weighted by atomic mass is 35.5. The summed E-state index contributed by atoms with van der Waals surface area (Å²) >= 11 is 7.46. The molecule has 0 unspecified atom stereocenters. The second kappa shape index (κ2) is 9.13. The van der Waals surface area contributed by atoms with Gasteiger partial charge >= 0.3 is 0 Å². The van der Waals surface area contributed by atoms with E-state index in [-0.39, 0.29) is 17.5 Å². The summed E-state index contributed by atoms with van der Waals surface area (Å²) in [6, 6.07) is 13.0. The van der Waals surface area contributed by atoms with Gasteiger partial charge in [0.1, 0.15) is 5.82 Å². The van der Waals surface area contributed by atoms with Crippen LogP contribution in [-0.4, -0.2) is 24.5 Å². The molecule has 10 heteroatoms. The molecule has 0 aliphatic heterocycles. The zero-order valence-electron chi connectivity index (χ0n) is 17.6. The Morgan fingerprint density at radius 3 is 2.38 bits per heavy atom. The second-order valence-corrected chi connectivity index (χ2v) is 8.73. The van der Waals surface area contributed by atoms with Gasteiger partial charge in [-0.15, -0.1) is 0 Å². The number of rotatable bonds is 6. The van der Waals surface area contributed by atoms with Crippen LogP contribution in [0.2, 0.25) is 5.02 Å². The van der Waals surface area contributed by atoms with Crippen molar-refractivity contribution in [3.8, 4) is 5.69 Å². The van der Waals surface area contributed by atoms with Crippen LogP contribution in [0.15, 0.2) is 52.4 Å². The van der Waals surface area contributed by atoms with Crippen molar-refractivity contribution in [2.24, 2.45) is 0 Å². The monoisotopic (exact) mass is 467 g/mol. The average molecular weight is 468 g/mol. The number of nitrogens with zero attached hydrogens (tertiary/aromatic N) is 5. The summed E-state index contributed by atoms with van der Waals surface area (Å²) in [6.45, 7) is 4.32. The Hall–Kier alpha value is -3.17. The van der Waals surface area contributed by atoms with Gasteiger partial charge in [0, 0.05) is 5.02 Å². The number of benzene rings is 2. The maximum atomic E-state index is 13.5. The van der Waals surface area contributed by atoms with Crippen molar-refractivity contribution in [1.29, 1.82) is 0 Å². The first-order chi connectivity index (χ1) is 15.4. The van der Waals surface area contributed by atoms with Gasteiger partial charge in [0.05, 0.1) is 22.3 Å². The number of anilines is 2. The summed E-state index contributed by atoms with van der Waals surface area (Å²) in [5, 5.41) is 1.42. The molecule has 2 heterocycles. The van der Waals surface area contributed by atoms with Crippen molar-refractivity contribution in [3.63, 3.8) is 0 Å². The predicted molar refractivity (Wildman–Crippen MR) is 129 cm³/mol. The number of nitrogen functional groups attached to an aromatic ring is 2. The van der Waals surface area contributed by atoms with E-state index in [0.29, 0.717) is 44.3 Å². The minimum absolute atomic E-state index is 0.0484. The Kier molecular flexibility index (Phi) is 6.29. The Labute approximate surface area is 194 Å². The van der Waals surface area contributed by atoms with Gasteiger partial charge in [0.15, 0.2) is 5.16 Å². The topological polar surface area (TPSA) is 126 Å². The molecule has 4 aromatic rings. The van der Waals surface area contributed by atoms with Crippen molar-refractivity contribution in [1.82, 2.24) is 24.5 Å². The number of thioether (sulfide) groups is 1. The summed E-state index contributed by atoms with van der Waals surface area (Å²) in [4.78, 5) is 30.2. The summed E-state index contributed by atoms with van der Waals surface area (Å²) < 4.78 is 1.58. The van der Waals surface area contributed by atoms with E-state index in [2.05, 4.69) is 28.8 Å². The van der Waals surface area contributed by atoms with E-state index in [1.54, 1.807) is 22.8 Å². The second-order valence-electron chi connectivity index (χ2n) is 7.35. The van der Waals surface area contributed by atoms with Gasteiger partial charge in [-0.3, -0.25) is 9.36 Å². The number of halogens is 1. The molecule has 0 aliphatic carbocycles. The summed E-state index contributed by atoms with van der Waals surface area (Å²) in [6.07, 6.45) is 1.04. The van der Waals surface area contributed by atoms with Crippen molar-refractivity contribution in [2.45, 2.75) is 37.1 Å². The molecule has 4 rings (SSSR count). The van der Waals surface area contributed by atoms with Crippen molar-refractivity contribution in [2.75, 3.05) is 11.5 Å². The van der Waals surface area contributed by atoms with Crippen LogP contribution in [0.3, 0.4) is 0 Å². The third kappa shape index (κ3) is 4.53. The third-order valence-corrected chi connectivity index (χ3v) is 6.35. The minimum atomic E-state index is -0.203. The van der Waals surface area contributed by atoms with Crippen LogP contribution in [0.25, 0.3) is 16.6 Å². The van der Waals surface area contributed by atoms with Gasteiger partial charge in [0.25, 0.3) is 5.56 Å². The first-order valence-corrected chi connectivity index (χ1v) is 11.4. The molecule has 1 atom stereocenters. The summed E-state index contributed by atoms with van der Waals surface area (Å²) in [7, 11) is 0. The van der Waals surface area contributed by atoms with Gasteiger partial charge in [0.2, 0.25) is 11.9 Å². The van der Waals surface area contributed by atoms with Gasteiger partial charge in [-0.1, -0.05) is 49.3 Å². The number of nitrogens with two attached hydrogens (primary N) is 2. The molecule has 2 aromatic carbocycles. The minimum Gasteiger partial charge on any atom is -0.368 e. The predicted octanol–water partition coefficient (Wildman–Crippen LogP) is 4.19. The van der Waals surface area contributed by atoms with Gasteiger partial charge in [-0.05, 0) is 48.2 Å². The van der Waals surface area contributed by atoms with Crippen LogP contribution in [0.1, 0.15) is 37.6 Å². The lowest BCUT2D eigenvalue weighted by Gasteiger charge is -2.15. The Balaban J connectivity index is 1.81. The zero-order valence-corrected chi connectivity index (χ0v) is 19.2. The van der Waals surface area contributed by atoms with E-state index in [4.69, 9.17) is 28.1 Å². The molecule has 0 aliphatic rings. The Morgan fingerprint density at radius 2 is 1.72 bits per heavy atom. The number of hydrogen-bond acceptors (Lipinski definition) is 8. The van der Waals surface area contributed by atoms with Crippen LogP contribution >= 0.6 is 23.4 Å². The molecule has 0 saturated heterocycles. The van der Waals surface area contributed by atoms with Crippen molar-refractivity contribution >= 4 is 46.2 Å². The highest BCUT2D eigenvalue weighted by Gasteiger charge is 2.15. The quantitative estimate of drug-likeness (QED) is 0.319. The molecule has 2 aromatic heterocycles. The molecule has 164 valence electrons. The highest BCUT2D eigenvalue weighted by Crippen LogP contribution is 2.26. The van der Waals surface area contributed by atoms with E-state index in [9.17, 15) is 4.79 Å². The number of hydrogen-bond donors (Lipinski definition) is 2. The molecule has 32 heavy (non-hydrogen) atoms. The van der Waals surface area contributed by atoms with E-state index >= 15 is 0 Å². The number of aromatic nitrogens is 5. The molecular weight excluding hydrogens is 446 g/mol. The lowest BCUT2D eigenvalue weighted by atomic mass is 9.98. The first-order valence-electron chi connectivity index (χ1n) is 10.1. The maximum absolute atomic E-state index is 13.5. The molecular formula is C22H22ClN7OS. The largest absolute Gasteiger partial charge is 0.368 e. The van der Waals surface area contributed by atoms with Gasteiger partial charge < -0.3 is 11.5 Å². The fourth-order valence-corrected chi connectivity index (χ4v) is 4.34. The van der Waals surface area contributed by atoms with Crippen LogP contribution in [0.4, 0.5) is 11.9 Å². The zero-order chi connectivity index (χ0) is 22.8. The van der Waals surface area contributed by atoms with Crippen LogP contribution in [0, 0.1) is 0 Å². The third-order valence-electron chi connectivity index (χ3n) is 5.18. The lowest BCUT2D eigenvalue weighted by Crippen LogP contribution is -2.22. The van der Waals surface area contributed by atoms with Crippen molar-refractivity contribution < 1.29 is 0 Å². The first kappa shape index (κ1) is 22.0. The van der Waals surface area contributed by atoms with Gasteiger partial charge in [-0.25, -0.2) is 4.98 Å². The standard InChI is InChI=1S/C22H22ClN7OS/c1-3-12(2)13-4-7-15(8-5-13)30-19(31)16-10-14(23)6-9-17(16)26-22(30)32-11-18-27-20(24)29-21(25)28-18/h4-10,12H,3,11H2,1-2H3,(H4,24,25,27,28,29)/t12-/m0/s1. The lowest BCUT2D eigenvalue weighted by molar-refractivity contribution is 0.732. The molecule has 0 saturated carbocycles. The Morgan fingerprint density at radius 1 is 1.03 bits per heavy atom. The molecule has 8 nitrogen and oxygen atoms in total. The van der Waals surface area contributed by atoms with Crippen molar-refractivity contribution in [3.05, 3.63) is 69.2 Å². The molecule has 0 fully saturated rings. The van der Waals surface area contributed by atoms with E-state index < -0.39 is 0 Å². The Bertz CT molecular complexity index is 1320. The average Bonchev–Trinajstić information content (AvgIpc) is 2.77.